The van der Waals surface area contributed by atoms with Crippen LogP contribution in [0.3, 0.4) is 0 Å². The molecule has 0 aromatic carbocycles. The second kappa shape index (κ2) is 7.20. The summed E-state index contributed by atoms with van der Waals surface area (Å²) in [5, 5.41) is 6.67. The van der Waals surface area contributed by atoms with Crippen LogP contribution in [0.5, 0.6) is 0 Å². The normalized spacial score (nSPS) is 13.6. The average Bonchev–Trinajstić information content (AvgIpc) is 3.13. The van der Waals surface area contributed by atoms with Crippen LogP contribution >= 0.6 is 0 Å². The van der Waals surface area contributed by atoms with Gasteiger partial charge in [-0.1, -0.05) is 37.5 Å². The molecule has 1 atom stereocenters. The van der Waals surface area contributed by atoms with Gasteiger partial charge in [0.05, 0.1) is 0 Å². The predicted octanol–water partition coefficient (Wildman–Crippen LogP) is 2.59. The minimum atomic E-state index is -3.58. The van der Waals surface area contributed by atoms with Gasteiger partial charge in [-0.05, 0) is 13.3 Å². The maximum absolute atomic E-state index is 12.4. The number of aryl methyl sites for hydroxylation is 1. The summed E-state index contributed by atoms with van der Waals surface area (Å²) in [6, 6.07) is 0. The van der Waals surface area contributed by atoms with E-state index in [2.05, 4.69) is 27.2 Å². The molecule has 0 aliphatic heterocycles. The Morgan fingerprint density at radius 3 is 2.43 bits per heavy atom. The van der Waals surface area contributed by atoms with Crippen LogP contribution in [0.15, 0.2) is 9.05 Å². The molecule has 2 rings (SSSR count). The van der Waals surface area contributed by atoms with Crippen molar-refractivity contribution in [2.75, 3.05) is 0 Å². The van der Waals surface area contributed by atoms with E-state index in [1.54, 1.807) is 0 Å². The zero-order chi connectivity index (χ0) is 17.0. The molecule has 2 aromatic rings. The molecule has 0 bridgehead atoms. The SMILES string of the molecule is CCCCc1noc(CS(=O)(=O)C(C)c2nc(C(C)C)no2)n1. The third-order valence-electron chi connectivity index (χ3n) is 3.45. The van der Waals surface area contributed by atoms with Gasteiger partial charge in [0, 0.05) is 12.3 Å². The number of rotatable bonds is 8. The van der Waals surface area contributed by atoms with Crippen LogP contribution < -0.4 is 0 Å². The molecule has 1 unspecified atom stereocenters. The summed E-state index contributed by atoms with van der Waals surface area (Å²) in [4.78, 5) is 8.26. The third kappa shape index (κ3) is 4.37. The first-order valence-corrected chi connectivity index (χ1v) is 9.41. The Labute approximate surface area is 135 Å². The van der Waals surface area contributed by atoms with Crippen molar-refractivity contribution in [1.29, 1.82) is 0 Å². The van der Waals surface area contributed by atoms with Gasteiger partial charge in [-0.3, -0.25) is 0 Å². The van der Waals surface area contributed by atoms with Crippen molar-refractivity contribution in [2.45, 2.75) is 63.9 Å². The fourth-order valence-electron chi connectivity index (χ4n) is 1.88. The Bertz CT molecular complexity index is 736. The fraction of sp³-hybridized carbons (Fsp3) is 0.714. The summed E-state index contributed by atoms with van der Waals surface area (Å²) in [5.41, 5.74) is 0. The smallest absolute Gasteiger partial charge is 0.244 e. The lowest BCUT2D eigenvalue weighted by atomic mass is 10.2. The Morgan fingerprint density at radius 1 is 1.09 bits per heavy atom. The van der Waals surface area contributed by atoms with Crippen molar-refractivity contribution in [3.05, 3.63) is 23.4 Å². The molecule has 128 valence electrons. The van der Waals surface area contributed by atoms with E-state index < -0.39 is 15.1 Å². The van der Waals surface area contributed by atoms with Crippen LogP contribution in [0.1, 0.15) is 75.1 Å². The van der Waals surface area contributed by atoms with Crippen molar-refractivity contribution >= 4 is 9.84 Å². The Hall–Kier alpha value is -1.77. The summed E-state index contributed by atoms with van der Waals surface area (Å²) >= 11 is 0. The van der Waals surface area contributed by atoms with Gasteiger partial charge >= 0.3 is 0 Å². The third-order valence-corrected chi connectivity index (χ3v) is 5.38. The minimum absolute atomic E-state index is 0.0690. The van der Waals surface area contributed by atoms with Crippen molar-refractivity contribution in [3.8, 4) is 0 Å². The van der Waals surface area contributed by atoms with Crippen LogP contribution in [0, 0.1) is 0 Å². The lowest BCUT2D eigenvalue weighted by molar-refractivity contribution is 0.367. The number of unbranched alkanes of at least 4 members (excludes halogenated alkanes) is 1. The van der Waals surface area contributed by atoms with Gasteiger partial charge in [0.15, 0.2) is 21.5 Å². The molecule has 0 saturated carbocycles. The van der Waals surface area contributed by atoms with Gasteiger partial charge in [0.1, 0.15) is 11.0 Å². The first-order chi connectivity index (χ1) is 10.8. The number of nitrogens with zero attached hydrogens (tertiary/aromatic N) is 4. The van der Waals surface area contributed by atoms with E-state index in [0.29, 0.717) is 18.1 Å². The molecule has 23 heavy (non-hydrogen) atoms. The second-order valence-corrected chi connectivity index (χ2v) is 8.12. The van der Waals surface area contributed by atoms with Crippen molar-refractivity contribution in [2.24, 2.45) is 0 Å². The van der Waals surface area contributed by atoms with Crippen LogP contribution in [-0.4, -0.2) is 28.7 Å². The monoisotopic (exact) mass is 342 g/mol. The highest BCUT2D eigenvalue weighted by Gasteiger charge is 2.30. The highest BCUT2D eigenvalue weighted by molar-refractivity contribution is 7.90. The largest absolute Gasteiger partial charge is 0.338 e. The molecule has 0 radical (unpaired) electrons. The van der Waals surface area contributed by atoms with Crippen LogP contribution in [0.25, 0.3) is 0 Å². The molecule has 0 aliphatic carbocycles. The zero-order valence-corrected chi connectivity index (χ0v) is 14.6. The first kappa shape index (κ1) is 17.6. The predicted molar refractivity (Wildman–Crippen MR) is 82.3 cm³/mol. The molecule has 9 heteroatoms. The second-order valence-electron chi connectivity index (χ2n) is 5.80. The van der Waals surface area contributed by atoms with Gasteiger partial charge in [-0.2, -0.15) is 9.97 Å². The highest BCUT2D eigenvalue weighted by Crippen LogP contribution is 2.24. The molecule has 0 saturated heterocycles. The van der Waals surface area contributed by atoms with E-state index in [-0.39, 0.29) is 23.5 Å². The minimum Gasteiger partial charge on any atom is -0.338 e. The number of hydrogen-bond acceptors (Lipinski definition) is 8. The van der Waals surface area contributed by atoms with Gasteiger partial charge < -0.3 is 9.05 Å². The molecule has 0 amide bonds. The van der Waals surface area contributed by atoms with E-state index in [1.165, 1.54) is 6.92 Å². The highest BCUT2D eigenvalue weighted by atomic mass is 32.2. The van der Waals surface area contributed by atoms with Crippen LogP contribution in [-0.2, 0) is 22.0 Å². The molecule has 0 aliphatic rings. The van der Waals surface area contributed by atoms with E-state index in [1.807, 2.05) is 13.8 Å². The van der Waals surface area contributed by atoms with Crippen molar-refractivity contribution in [1.82, 2.24) is 20.3 Å². The van der Waals surface area contributed by atoms with Gasteiger partial charge in [0.25, 0.3) is 0 Å². The molecular weight excluding hydrogens is 320 g/mol. The molecule has 0 spiro atoms. The molecule has 2 heterocycles. The summed E-state index contributed by atoms with van der Waals surface area (Å²) in [7, 11) is -3.58. The average molecular weight is 342 g/mol. The summed E-state index contributed by atoms with van der Waals surface area (Å²) in [6.07, 6.45) is 2.62. The maximum Gasteiger partial charge on any atom is 0.244 e. The standard InChI is InChI=1S/C14H22N4O4S/c1-5-6-7-11-15-12(21-17-11)8-23(19,20)10(4)14-16-13(9(2)3)18-22-14/h9-10H,5-8H2,1-4H3. The maximum atomic E-state index is 12.4. The van der Waals surface area contributed by atoms with Crippen molar-refractivity contribution in [3.63, 3.8) is 0 Å². The van der Waals surface area contributed by atoms with E-state index >= 15 is 0 Å². The van der Waals surface area contributed by atoms with Gasteiger partial charge in [-0.25, -0.2) is 8.42 Å². The lowest BCUT2D eigenvalue weighted by Gasteiger charge is -2.06. The zero-order valence-electron chi connectivity index (χ0n) is 13.8. The Kier molecular flexibility index (Phi) is 5.51. The molecule has 0 N–H and O–H groups in total. The Morgan fingerprint density at radius 2 is 1.83 bits per heavy atom. The topological polar surface area (TPSA) is 112 Å². The number of aromatic nitrogens is 4. The lowest BCUT2D eigenvalue weighted by Crippen LogP contribution is -2.13. The summed E-state index contributed by atoms with van der Waals surface area (Å²) < 4.78 is 35.0. The van der Waals surface area contributed by atoms with E-state index in [4.69, 9.17) is 9.05 Å². The summed E-state index contributed by atoms with van der Waals surface area (Å²) in [6.45, 7) is 7.39. The van der Waals surface area contributed by atoms with Crippen LogP contribution in [0.4, 0.5) is 0 Å². The fourth-order valence-corrected chi connectivity index (χ4v) is 3.00. The van der Waals surface area contributed by atoms with E-state index in [0.717, 1.165) is 12.8 Å². The Balaban J connectivity index is 2.09. The van der Waals surface area contributed by atoms with Crippen molar-refractivity contribution < 1.29 is 17.5 Å². The van der Waals surface area contributed by atoms with Crippen LogP contribution in [0.2, 0.25) is 0 Å². The number of hydrogen-bond donors (Lipinski definition) is 0. The van der Waals surface area contributed by atoms with Gasteiger partial charge in [-0.15, -0.1) is 0 Å². The molecular formula is C14H22N4O4S. The molecule has 0 fully saturated rings. The molecule has 8 nitrogen and oxygen atoms in total. The van der Waals surface area contributed by atoms with Gasteiger partial charge in [0.2, 0.25) is 11.8 Å². The summed E-state index contributed by atoms with van der Waals surface area (Å²) in [5.74, 6) is 0.920. The molecule has 2 aromatic heterocycles. The quantitative estimate of drug-likeness (QED) is 0.719. The first-order valence-electron chi connectivity index (χ1n) is 7.70. The number of sulfone groups is 1. The van der Waals surface area contributed by atoms with E-state index in [9.17, 15) is 8.42 Å².